The number of halogens is 1. The molecule has 0 radical (unpaired) electrons. The molecule has 0 saturated carbocycles. The average molecular weight is 372 g/mol. The van der Waals surface area contributed by atoms with E-state index in [1.807, 2.05) is 31.2 Å². The third-order valence-corrected chi connectivity index (χ3v) is 4.48. The number of anilines is 1. The number of amides is 1. The van der Waals surface area contributed by atoms with Crippen LogP contribution >= 0.6 is 0 Å². The van der Waals surface area contributed by atoms with Crippen molar-refractivity contribution in [3.8, 4) is 5.75 Å². The molecule has 1 heterocycles. The summed E-state index contributed by atoms with van der Waals surface area (Å²) in [7, 11) is 0. The van der Waals surface area contributed by atoms with Crippen molar-refractivity contribution in [1.82, 2.24) is 0 Å². The molecular formula is C23H17FN2O2. The smallest absolute Gasteiger partial charge is 0.282 e. The Hall–Kier alpha value is -3.73. The number of aromatic hydroxyl groups is 1. The van der Waals surface area contributed by atoms with Gasteiger partial charge >= 0.3 is 0 Å². The van der Waals surface area contributed by atoms with Crippen LogP contribution in [0.25, 0.3) is 6.08 Å². The van der Waals surface area contributed by atoms with Crippen molar-refractivity contribution >= 4 is 23.5 Å². The van der Waals surface area contributed by atoms with E-state index in [9.17, 15) is 14.3 Å². The first-order chi connectivity index (χ1) is 13.5. The minimum Gasteiger partial charge on any atom is -0.508 e. The van der Waals surface area contributed by atoms with E-state index in [-0.39, 0.29) is 17.4 Å². The quantitative estimate of drug-likeness (QED) is 0.679. The second kappa shape index (κ2) is 7.12. The van der Waals surface area contributed by atoms with Gasteiger partial charge in [-0.2, -0.15) is 0 Å². The van der Waals surface area contributed by atoms with Gasteiger partial charge in [0.1, 0.15) is 23.1 Å². The topological polar surface area (TPSA) is 52.9 Å². The summed E-state index contributed by atoms with van der Waals surface area (Å²) in [5.41, 5.74) is 2.87. The largest absolute Gasteiger partial charge is 0.508 e. The number of phenolic OH excluding ortho intramolecular Hbond substituents is 1. The molecule has 4 rings (SSSR count). The molecule has 138 valence electrons. The lowest BCUT2D eigenvalue weighted by atomic mass is 10.1. The van der Waals surface area contributed by atoms with Gasteiger partial charge in [-0.3, -0.25) is 9.69 Å². The molecule has 3 aromatic rings. The molecular weight excluding hydrogens is 355 g/mol. The predicted molar refractivity (Wildman–Crippen MR) is 108 cm³/mol. The molecule has 1 N–H and O–H groups in total. The fraction of sp³-hybridized carbons (Fsp3) is 0.0435. The number of carbonyl (C=O) groups is 1. The Balaban J connectivity index is 1.84. The summed E-state index contributed by atoms with van der Waals surface area (Å²) < 4.78 is 14.1. The third-order valence-electron chi connectivity index (χ3n) is 4.48. The zero-order valence-electron chi connectivity index (χ0n) is 15.1. The van der Waals surface area contributed by atoms with Gasteiger partial charge in [-0.05, 0) is 43.3 Å². The highest BCUT2D eigenvalue weighted by Crippen LogP contribution is 2.29. The second-order valence-electron chi connectivity index (χ2n) is 6.51. The Morgan fingerprint density at radius 1 is 0.964 bits per heavy atom. The first kappa shape index (κ1) is 17.7. The van der Waals surface area contributed by atoms with Crippen molar-refractivity contribution in [1.29, 1.82) is 0 Å². The number of hydrogen-bond acceptors (Lipinski definition) is 3. The van der Waals surface area contributed by atoms with E-state index in [2.05, 4.69) is 4.99 Å². The van der Waals surface area contributed by atoms with E-state index in [0.717, 1.165) is 11.1 Å². The van der Waals surface area contributed by atoms with Gasteiger partial charge in [0.2, 0.25) is 0 Å². The van der Waals surface area contributed by atoms with Gasteiger partial charge in [0.25, 0.3) is 5.91 Å². The molecule has 1 amide bonds. The normalized spacial score (nSPS) is 15.2. The van der Waals surface area contributed by atoms with Crippen LogP contribution in [0.2, 0.25) is 0 Å². The van der Waals surface area contributed by atoms with Gasteiger partial charge in [-0.15, -0.1) is 0 Å². The SMILES string of the molecule is Cc1ccc(C2=N/C(=C/c3ccccc3F)C(=O)N2c2ccc(O)cc2)cc1. The second-order valence-corrected chi connectivity index (χ2v) is 6.51. The highest BCUT2D eigenvalue weighted by Gasteiger charge is 2.32. The van der Waals surface area contributed by atoms with Crippen molar-refractivity contribution in [2.75, 3.05) is 4.90 Å². The lowest BCUT2D eigenvalue weighted by molar-refractivity contribution is -0.113. The number of carbonyl (C=O) groups excluding carboxylic acids is 1. The molecule has 0 unspecified atom stereocenters. The van der Waals surface area contributed by atoms with Gasteiger partial charge in [0.15, 0.2) is 0 Å². The molecule has 3 aromatic carbocycles. The highest BCUT2D eigenvalue weighted by molar-refractivity contribution is 6.33. The molecule has 0 spiro atoms. The third kappa shape index (κ3) is 3.30. The summed E-state index contributed by atoms with van der Waals surface area (Å²) in [5.74, 6) is -0.216. The van der Waals surface area contributed by atoms with Crippen molar-refractivity contribution < 1.29 is 14.3 Å². The summed E-state index contributed by atoms with van der Waals surface area (Å²) in [5, 5.41) is 9.57. The molecule has 1 aliphatic heterocycles. The summed E-state index contributed by atoms with van der Waals surface area (Å²) in [6.45, 7) is 1.98. The van der Waals surface area contributed by atoms with Crippen molar-refractivity contribution in [3.05, 3.63) is 101 Å². The number of nitrogens with zero attached hydrogens (tertiary/aromatic N) is 2. The molecule has 4 nitrogen and oxygen atoms in total. The maximum Gasteiger partial charge on any atom is 0.282 e. The van der Waals surface area contributed by atoms with Gasteiger partial charge < -0.3 is 5.11 Å². The zero-order valence-corrected chi connectivity index (χ0v) is 15.1. The number of benzene rings is 3. The van der Waals surface area contributed by atoms with Crippen LogP contribution in [0.1, 0.15) is 16.7 Å². The molecule has 1 aliphatic rings. The van der Waals surface area contributed by atoms with E-state index in [1.54, 1.807) is 30.3 Å². The maximum atomic E-state index is 14.1. The lowest BCUT2D eigenvalue weighted by Crippen LogP contribution is -2.32. The van der Waals surface area contributed by atoms with Crippen LogP contribution in [-0.4, -0.2) is 16.8 Å². The number of aliphatic imine (C=N–C) groups is 1. The van der Waals surface area contributed by atoms with Crippen LogP contribution in [0.15, 0.2) is 83.5 Å². The number of phenols is 1. The van der Waals surface area contributed by atoms with Crippen LogP contribution in [0.5, 0.6) is 5.75 Å². The minimum atomic E-state index is -0.419. The monoisotopic (exact) mass is 372 g/mol. The van der Waals surface area contributed by atoms with Crippen LogP contribution in [0.3, 0.4) is 0 Å². The first-order valence-corrected chi connectivity index (χ1v) is 8.78. The van der Waals surface area contributed by atoms with Gasteiger partial charge in [-0.25, -0.2) is 9.38 Å². The Labute approximate surface area is 161 Å². The van der Waals surface area contributed by atoms with E-state index in [4.69, 9.17) is 0 Å². The Morgan fingerprint density at radius 2 is 1.64 bits per heavy atom. The van der Waals surface area contributed by atoms with Crippen LogP contribution in [0, 0.1) is 12.7 Å². The van der Waals surface area contributed by atoms with E-state index >= 15 is 0 Å². The summed E-state index contributed by atoms with van der Waals surface area (Å²) in [6.07, 6.45) is 1.45. The molecule has 0 aromatic heterocycles. The molecule has 0 bridgehead atoms. The summed E-state index contributed by atoms with van der Waals surface area (Å²) in [4.78, 5) is 19.1. The van der Waals surface area contributed by atoms with E-state index in [1.165, 1.54) is 29.2 Å². The summed E-state index contributed by atoms with van der Waals surface area (Å²) >= 11 is 0. The van der Waals surface area contributed by atoms with Crippen LogP contribution in [0.4, 0.5) is 10.1 Å². The maximum absolute atomic E-state index is 14.1. The Kier molecular flexibility index (Phi) is 4.49. The fourth-order valence-electron chi connectivity index (χ4n) is 2.99. The molecule has 0 fully saturated rings. The van der Waals surface area contributed by atoms with Crippen molar-refractivity contribution in [3.63, 3.8) is 0 Å². The van der Waals surface area contributed by atoms with Gasteiger partial charge in [0, 0.05) is 11.1 Å². The number of rotatable bonds is 3. The van der Waals surface area contributed by atoms with Crippen molar-refractivity contribution in [2.45, 2.75) is 6.92 Å². The first-order valence-electron chi connectivity index (χ1n) is 8.78. The number of hydrogen-bond donors (Lipinski definition) is 1. The lowest BCUT2D eigenvalue weighted by Gasteiger charge is -2.18. The Morgan fingerprint density at radius 3 is 2.32 bits per heavy atom. The van der Waals surface area contributed by atoms with Crippen molar-refractivity contribution in [2.24, 2.45) is 4.99 Å². The molecule has 5 heteroatoms. The molecule has 0 aliphatic carbocycles. The van der Waals surface area contributed by atoms with E-state index < -0.39 is 5.82 Å². The zero-order chi connectivity index (χ0) is 19.7. The molecule has 0 saturated heterocycles. The van der Waals surface area contributed by atoms with Gasteiger partial charge in [0.05, 0.1) is 5.69 Å². The number of aryl methyl sites for hydroxylation is 1. The number of amidine groups is 1. The Bertz CT molecular complexity index is 1100. The standard InChI is InChI=1S/C23H17FN2O2/c1-15-6-8-16(9-7-15)22-25-21(14-17-4-2-3-5-20(17)24)23(28)26(22)18-10-12-19(27)13-11-18/h2-14,27H,1H3/b21-14+. The summed E-state index contributed by atoms with van der Waals surface area (Å²) in [6, 6.07) is 20.2. The van der Waals surface area contributed by atoms with Crippen LogP contribution < -0.4 is 4.90 Å². The van der Waals surface area contributed by atoms with Crippen LogP contribution in [-0.2, 0) is 4.79 Å². The molecule has 28 heavy (non-hydrogen) atoms. The molecule has 0 atom stereocenters. The minimum absolute atomic E-state index is 0.103. The fourth-order valence-corrected chi connectivity index (χ4v) is 2.99. The predicted octanol–water partition coefficient (Wildman–Crippen LogP) is 4.67. The highest BCUT2D eigenvalue weighted by atomic mass is 19.1. The average Bonchev–Trinajstić information content (AvgIpc) is 3.01. The van der Waals surface area contributed by atoms with E-state index in [0.29, 0.717) is 17.1 Å². The van der Waals surface area contributed by atoms with Gasteiger partial charge in [-0.1, -0.05) is 48.0 Å².